The highest BCUT2D eigenvalue weighted by atomic mass is 16.4. The Morgan fingerprint density at radius 2 is 1.95 bits per heavy atom. The lowest BCUT2D eigenvalue weighted by Crippen LogP contribution is -2.48. The van der Waals surface area contributed by atoms with Crippen molar-refractivity contribution in [2.24, 2.45) is 5.92 Å². The summed E-state index contributed by atoms with van der Waals surface area (Å²) in [5.74, 6) is -0.0859. The number of amides is 1. The summed E-state index contributed by atoms with van der Waals surface area (Å²) in [5.41, 5.74) is 1.00. The third-order valence-electron chi connectivity index (χ3n) is 3.46. The summed E-state index contributed by atoms with van der Waals surface area (Å²) >= 11 is 0. The van der Waals surface area contributed by atoms with Crippen LogP contribution in [-0.4, -0.2) is 46.2 Å². The first-order valence-corrected chi connectivity index (χ1v) is 6.26. The van der Waals surface area contributed by atoms with E-state index in [0.29, 0.717) is 17.7 Å². The zero-order valence-electron chi connectivity index (χ0n) is 10.7. The van der Waals surface area contributed by atoms with Crippen LogP contribution in [0.25, 0.3) is 0 Å². The summed E-state index contributed by atoms with van der Waals surface area (Å²) in [6.45, 7) is 0.343. The molecule has 1 radical (unpaired) electrons. The number of aliphatic carboxylic acids is 1. The molecule has 2 N–H and O–H groups in total. The Balaban J connectivity index is 2.12. The molecule has 1 aromatic rings. The van der Waals surface area contributed by atoms with Crippen LogP contribution in [0.4, 0.5) is 0 Å². The Labute approximate surface area is 116 Å². The highest BCUT2D eigenvalue weighted by Crippen LogP contribution is 2.19. The van der Waals surface area contributed by atoms with Gasteiger partial charge in [-0.1, -0.05) is 5.92 Å². The fourth-order valence-corrected chi connectivity index (χ4v) is 2.25. The molecule has 5 heteroatoms. The number of likely N-dealkylation sites (tertiary alicyclic amines) is 1. The van der Waals surface area contributed by atoms with Crippen LogP contribution in [0, 0.1) is 18.3 Å². The Hall–Kier alpha value is -2.32. The van der Waals surface area contributed by atoms with Gasteiger partial charge in [0, 0.05) is 24.2 Å². The van der Waals surface area contributed by atoms with Crippen LogP contribution in [0.5, 0.6) is 0 Å². The van der Waals surface area contributed by atoms with E-state index in [-0.39, 0.29) is 18.9 Å². The van der Waals surface area contributed by atoms with Gasteiger partial charge in [-0.05, 0) is 37.1 Å². The highest BCUT2D eigenvalue weighted by Gasteiger charge is 2.35. The van der Waals surface area contributed by atoms with Crippen LogP contribution in [0.3, 0.4) is 0 Å². The van der Waals surface area contributed by atoms with E-state index in [4.69, 9.17) is 11.5 Å². The molecule has 1 aromatic carbocycles. The van der Waals surface area contributed by atoms with E-state index >= 15 is 0 Å². The first-order valence-electron chi connectivity index (χ1n) is 6.26. The Morgan fingerprint density at radius 3 is 2.50 bits per heavy atom. The predicted molar refractivity (Wildman–Crippen MR) is 70.3 cm³/mol. The maximum atomic E-state index is 12.3. The molecule has 2 rings (SSSR count). The predicted octanol–water partition coefficient (Wildman–Crippen LogP) is 0.532. The van der Waals surface area contributed by atoms with E-state index in [1.165, 1.54) is 4.90 Å². The van der Waals surface area contributed by atoms with Gasteiger partial charge in [-0.15, -0.1) is 0 Å². The van der Waals surface area contributed by atoms with Gasteiger partial charge in [0.2, 0.25) is 0 Å². The summed E-state index contributed by atoms with van der Waals surface area (Å²) in [5, 5.41) is 18.6. The lowest BCUT2D eigenvalue weighted by molar-refractivity contribution is -0.148. The molecule has 103 valence electrons. The summed E-state index contributed by atoms with van der Waals surface area (Å²) in [6.07, 6.45) is 6.32. The topological polar surface area (TPSA) is 77.8 Å². The third kappa shape index (κ3) is 2.81. The van der Waals surface area contributed by atoms with Crippen molar-refractivity contribution in [3.63, 3.8) is 0 Å². The number of aliphatic hydroxyl groups excluding tert-OH is 1. The number of carbonyl (C=O) groups is 2. The summed E-state index contributed by atoms with van der Waals surface area (Å²) < 4.78 is 0. The number of hydrogen-bond donors (Lipinski definition) is 2. The van der Waals surface area contributed by atoms with Crippen molar-refractivity contribution >= 4 is 11.9 Å². The summed E-state index contributed by atoms with van der Waals surface area (Å²) in [7, 11) is 0. The smallest absolute Gasteiger partial charge is 0.310 e. The van der Waals surface area contributed by atoms with Crippen molar-refractivity contribution < 1.29 is 19.8 Å². The number of carboxylic acid groups (broad SMARTS) is 1. The Bertz CT molecular complexity index is 558. The lowest BCUT2D eigenvalue weighted by atomic mass is 9.94. The largest absolute Gasteiger partial charge is 0.481 e. The minimum atomic E-state index is -1.09. The molecule has 1 heterocycles. The Kier molecular flexibility index (Phi) is 4.06. The van der Waals surface area contributed by atoms with Crippen LogP contribution >= 0.6 is 0 Å². The zero-order chi connectivity index (χ0) is 14.7. The molecule has 5 nitrogen and oxygen atoms in total. The van der Waals surface area contributed by atoms with E-state index < -0.39 is 18.0 Å². The maximum absolute atomic E-state index is 12.3. The van der Waals surface area contributed by atoms with Gasteiger partial charge in [-0.2, -0.15) is 0 Å². The van der Waals surface area contributed by atoms with Crippen LogP contribution in [0.1, 0.15) is 22.3 Å². The average molecular weight is 272 g/mol. The van der Waals surface area contributed by atoms with Gasteiger partial charge in [0.1, 0.15) is 5.92 Å². The van der Waals surface area contributed by atoms with Gasteiger partial charge in [-0.3, -0.25) is 9.59 Å². The number of benzene rings is 1. The molecule has 0 spiro atoms. The fraction of sp³-hybridized carbons (Fsp3) is 0.333. The number of hydrogen-bond acceptors (Lipinski definition) is 3. The van der Waals surface area contributed by atoms with Crippen LogP contribution in [0.15, 0.2) is 24.3 Å². The molecule has 20 heavy (non-hydrogen) atoms. The first kappa shape index (κ1) is 14.1. The molecule has 0 bridgehead atoms. The normalized spacial score (nSPS) is 22.1. The quantitative estimate of drug-likeness (QED) is 0.770. The van der Waals surface area contributed by atoms with Crippen molar-refractivity contribution in [1.29, 1.82) is 0 Å². The van der Waals surface area contributed by atoms with Crippen LogP contribution in [0.2, 0.25) is 0 Å². The van der Waals surface area contributed by atoms with E-state index in [2.05, 4.69) is 5.92 Å². The standard InChI is InChI=1S/C15H14NO4/c1-2-10-3-5-11(6-4-10)14(18)16-8-7-13(17)12(9-16)15(19)20/h3-6,12-13,17H,7-9H2,(H,19,20). The number of rotatable bonds is 2. The lowest BCUT2D eigenvalue weighted by Gasteiger charge is -2.34. The molecule has 2 atom stereocenters. The van der Waals surface area contributed by atoms with Crippen molar-refractivity contribution in [3.05, 3.63) is 41.8 Å². The maximum Gasteiger partial charge on any atom is 0.310 e. The monoisotopic (exact) mass is 272 g/mol. The second-order valence-electron chi connectivity index (χ2n) is 4.75. The second kappa shape index (κ2) is 5.76. The average Bonchev–Trinajstić information content (AvgIpc) is 2.47. The SMILES string of the molecule is [C]#Cc1ccc(C(=O)N2CCC(O)C(C(=O)O)C2)cc1. The summed E-state index contributed by atoms with van der Waals surface area (Å²) in [4.78, 5) is 24.7. The molecule has 1 aliphatic heterocycles. The number of carboxylic acids is 1. The molecule has 1 fully saturated rings. The van der Waals surface area contributed by atoms with Gasteiger partial charge in [0.05, 0.1) is 6.10 Å². The summed E-state index contributed by atoms with van der Waals surface area (Å²) in [6, 6.07) is 6.38. The van der Waals surface area contributed by atoms with E-state index in [9.17, 15) is 14.7 Å². The molecule has 1 saturated heterocycles. The van der Waals surface area contributed by atoms with Gasteiger partial charge >= 0.3 is 5.97 Å². The fourth-order valence-electron chi connectivity index (χ4n) is 2.25. The second-order valence-corrected chi connectivity index (χ2v) is 4.75. The Morgan fingerprint density at radius 1 is 1.30 bits per heavy atom. The van der Waals surface area contributed by atoms with Crippen molar-refractivity contribution in [1.82, 2.24) is 4.90 Å². The number of nitrogens with zero attached hydrogens (tertiary/aromatic N) is 1. The molecule has 2 unspecified atom stereocenters. The highest BCUT2D eigenvalue weighted by molar-refractivity contribution is 5.94. The van der Waals surface area contributed by atoms with E-state index in [1.54, 1.807) is 24.3 Å². The number of piperidine rings is 1. The van der Waals surface area contributed by atoms with Gasteiger partial charge in [0.25, 0.3) is 5.91 Å². The minimum Gasteiger partial charge on any atom is -0.481 e. The van der Waals surface area contributed by atoms with E-state index in [0.717, 1.165) is 0 Å². The van der Waals surface area contributed by atoms with Crippen molar-refractivity contribution in [3.8, 4) is 5.92 Å². The number of aliphatic hydroxyl groups is 1. The van der Waals surface area contributed by atoms with Crippen molar-refractivity contribution in [2.45, 2.75) is 12.5 Å². The molecule has 1 aliphatic rings. The molecule has 1 amide bonds. The molecule has 0 saturated carbocycles. The first-order chi connectivity index (χ1) is 9.52. The molecule has 0 aromatic heterocycles. The number of carbonyl (C=O) groups excluding carboxylic acids is 1. The minimum absolute atomic E-state index is 0.00772. The van der Waals surface area contributed by atoms with Crippen molar-refractivity contribution in [2.75, 3.05) is 13.1 Å². The van der Waals surface area contributed by atoms with Gasteiger partial charge in [0.15, 0.2) is 0 Å². The van der Waals surface area contributed by atoms with E-state index in [1.807, 2.05) is 0 Å². The van der Waals surface area contributed by atoms with Gasteiger partial charge in [-0.25, -0.2) is 0 Å². The van der Waals surface area contributed by atoms with Gasteiger partial charge < -0.3 is 15.1 Å². The van der Waals surface area contributed by atoms with Crippen LogP contribution in [-0.2, 0) is 4.79 Å². The molecular formula is C15H14NO4. The zero-order valence-corrected chi connectivity index (χ0v) is 10.7. The van der Waals surface area contributed by atoms with Crippen LogP contribution < -0.4 is 0 Å². The molecular weight excluding hydrogens is 258 g/mol. The molecule has 0 aliphatic carbocycles. The third-order valence-corrected chi connectivity index (χ3v) is 3.46.